The molecule has 7 nitrogen and oxygen atoms in total. The van der Waals surface area contributed by atoms with Gasteiger partial charge in [0.1, 0.15) is 5.75 Å². The van der Waals surface area contributed by atoms with Crippen molar-refractivity contribution in [1.82, 2.24) is 9.79 Å². The van der Waals surface area contributed by atoms with Gasteiger partial charge in [-0.15, -0.1) is 0 Å². The molecule has 0 saturated carbocycles. The number of nitrogens with one attached hydrogen (secondary N) is 1. The largest absolute Gasteiger partial charge is 0.494 e. The van der Waals surface area contributed by atoms with Crippen LogP contribution in [0.4, 0.5) is 0 Å². The van der Waals surface area contributed by atoms with Crippen LogP contribution in [0.1, 0.15) is 50.7 Å². The summed E-state index contributed by atoms with van der Waals surface area (Å²) in [5.41, 5.74) is 6.07. The number of ether oxygens (including phenoxy) is 1. The average molecular weight is 461 g/mol. The number of carbonyl (C=O) groups excluding carboxylic acids is 1. The Kier molecular flexibility index (Phi) is 7.27. The maximum Gasteiger partial charge on any atom is 0.265 e. The van der Waals surface area contributed by atoms with Crippen LogP contribution in [0.5, 0.6) is 5.75 Å². The quantitative estimate of drug-likeness (QED) is 0.483. The zero-order valence-electron chi connectivity index (χ0n) is 19.1. The first-order valence-corrected chi connectivity index (χ1v) is 12.3. The summed E-state index contributed by atoms with van der Waals surface area (Å²) < 4.78 is 31.1. The Morgan fingerprint density at radius 2 is 1.88 bits per heavy atom. The standard InChI is InChI=1S/C24H32N2O5S/c1-5-31-21-8-6-7-20(16-21)22-10-9-19(15-17(22)2)18-11-13-26(14-12-18)32(29,30)24(3,4)23(27)25-28/h6-10,15-16,18,28H,5,11-14H2,1-4H3,(H,25,27). The Morgan fingerprint density at radius 3 is 2.47 bits per heavy atom. The Labute approximate surface area is 190 Å². The number of nitrogens with zero attached hydrogens (tertiary/aromatic N) is 1. The van der Waals surface area contributed by atoms with Crippen LogP contribution in [-0.4, -0.2) is 48.3 Å². The number of hydroxylamine groups is 1. The van der Waals surface area contributed by atoms with Crippen molar-refractivity contribution in [3.63, 3.8) is 0 Å². The van der Waals surface area contributed by atoms with Crippen molar-refractivity contribution in [2.45, 2.75) is 51.2 Å². The minimum atomic E-state index is -3.89. The van der Waals surface area contributed by atoms with Gasteiger partial charge in [0.25, 0.3) is 5.91 Å². The highest BCUT2D eigenvalue weighted by Crippen LogP contribution is 2.35. The number of benzene rings is 2. The second kappa shape index (κ2) is 9.60. The lowest BCUT2D eigenvalue weighted by Gasteiger charge is -2.36. The number of hydrogen-bond donors (Lipinski definition) is 2. The Hall–Kier alpha value is -2.42. The molecule has 1 amide bonds. The molecule has 1 aliphatic rings. The van der Waals surface area contributed by atoms with E-state index in [1.807, 2.05) is 25.1 Å². The normalized spacial score (nSPS) is 16.0. The summed E-state index contributed by atoms with van der Waals surface area (Å²) in [5.74, 6) is 0.165. The predicted molar refractivity (Wildman–Crippen MR) is 124 cm³/mol. The summed E-state index contributed by atoms with van der Waals surface area (Å²) in [6.07, 6.45) is 1.35. The first-order chi connectivity index (χ1) is 15.1. The minimum Gasteiger partial charge on any atom is -0.494 e. The fourth-order valence-electron chi connectivity index (χ4n) is 4.19. The lowest BCUT2D eigenvalue weighted by molar-refractivity contribution is -0.131. The molecule has 3 rings (SSSR count). The van der Waals surface area contributed by atoms with Gasteiger partial charge in [-0.1, -0.05) is 30.3 Å². The van der Waals surface area contributed by atoms with E-state index in [1.165, 1.54) is 29.2 Å². The van der Waals surface area contributed by atoms with Gasteiger partial charge in [0.05, 0.1) is 6.61 Å². The highest BCUT2D eigenvalue weighted by molar-refractivity contribution is 7.91. The van der Waals surface area contributed by atoms with Crippen molar-refractivity contribution >= 4 is 15.9 Å². The van der Waals surface area contributed by atoms with Crippen LogP contribution >= 0.6 is 0 Å². The van der Waals surface area contributed by atoms with E-state index in [2.05, 4.69) is 31.2 Å². The van der Waals surface area contributed by atoms with Gasteiger partial charge in [0, 0.05) is 13.1 Å². The molecule has 1 fully saturated rings. The lowest BCUT2D eigenvalue weighted by Crippen LogP contribution is -2.54. The zero-order valence-corrected chi connectivity index (χ0v) is 19.9. The van der Waals surface area contributed by atoms with Crippen LogP contribution in [0.3, 0.4) is 0 Å². The number of carbonyl (C=O) groups is 1. The van der Waals surface area contributed by atoms with Crippen molar-refractivity contribution in [2.24, 2.45) is 0 Å². The third kappa shape index (κ3) is 4.67. The monoisotopic (exact) mass is 460 g/mol. The molecule has 2 aromatic carbocycles. The highest BCUT2D eigenvalue weighted by atomic mass is 32.2. The molecule has 32 heavy (non-hydrogen) atoms. The van der Waals surface area contributed by atoms with E-state index in [0.717, 1.165) is 22.4 Å². The Balaban J connectivity index is 1.73. The number of sulfonamides is 1. The number of amides is 1. The maximum atomic E-state index is 12.9. The summed E-state index contributed by atoms with van der Waals surface area (Å²) in [7, 11) is -3.89. The number of aryl methyl sites for hydroxylation is 1. The Morgan fingerprint density at radius 1 is 1.19 bits per heavy atom. The number of piperidine rings is 1. The van der Waals surface area contributed by atoms with Crippen molar-refractivity contribution in [2.75, 3.05) is 19.7 Å². The first-order valence-electron chi connectivity index (χ1n) is 10.9. The van der Waals surface area contributed by atoms with Gasteiger partial charge in [-0.25, -0.2) is 18.2 Å². The summed E-state index contributed by atoms with van der Waals surface area (Å²) in [6, 6.07) is 14.5. The summed E-state index contributed by atoms with van der Waals surface area (Å²) in [4.78, 5) is 11.9. The molecule has 0 bridgehead atoms. The fourth-order valence-corrected chi connectivity index (χ4v) is 5.81. The van der Waals surface area contributed by atoms with Crippen LogP contribution in [0, 0.1) is 6.92 Å². The summed E-state index contributed by atoms with van der Waals surface area (Å²) >= 11 is 0. The van der Waals surface area contributed by atoms with Crippen LogP contribution in [0.25, 0.3) is 11.1 Å². The molecule has 1 saturated heterocycles. The van der Waals surface area contributed by atoms with E-state index in [1.54, 1.807) is 0 Å². The smallest absolute Gasteiger partial charge is 0.265 e. The third-order valence-electron chi connectivity index (χ3n) is 6.27. The molecule has 2 aromatic rings. The predicted octanol–water partition coefficient (Wildman–Crippen LogP) is 3.85. The van der Waals surface area contributed by atoms with Gasteiger partial charge in [0.15, 0.2) is 4.75 Å². The van der Waals surface area contributed by atoms with Crippen molar-refractivity contribution in [1.29, 1.82) is 0 Å². The maximum absolute atomic E-state index is 12.9. The van der Waals surface area contributed by atoms with Gasteiger partial charge >= 0.3 is 0 Å². The van der Waals surface area contributed by atoms with Crippen molar-refractivity contribution in [3.8, 4) is 16.9 Å². The second-order valence-corrected chi connectivity index (χ2v) is 11.2. The van der Waals surface area contributed by atoms with Gasteiger partial charge in [-0.3, -0.25) is 10.0 Å². The zero-order chi connectivity index (χ0) is 23.5. The molecule has 0 unspecified atom stereocenters. The average Bonchev–Trinajstić information content (AvgIpc) is 2.78. The van der Waals surface area contributed by atoms with E-state index in [9.17, 15) is 13.2 Å². The van der Waals surface area contributed by atoms with E-state index < -0.39 is 20.7 Å². The summed E-state index contributed by atoms with van der Waals surface area (Å²) in [6.45, 7) is 7.97. The van der Waals surface area contributed by atoms with E-state index in [-0.39, 0.29) is 5.92 Å². The molecular formula is C24H32N2O5S. The molecule has 1 aliphatic heterocycles. The van der Waals surface area contributed by atoms with Crippen LogP contribution in [0.2, 0.25) is 0 Å². The van der Waals surface area contributed by atoms with Crippen molar-refractivity contribution in [3.05, 3.63) is 53.6 Å². The van der Waals surface area contributed by atoms with Gasteiger partial charge in [0.2, 0.25) is 10.0 Å². The Bertz CT molecular complexity index is 1070. The van der Waals surface area contributed by atoms with E-state index in [0.29, 0.717) is 32.5 Å². The molecule has 0 spiro atoms. The minimum absolute atomic E-state index is 0.249. The molecule has 0 aromatic heterocycles. The first kappa shape index (κ1) is 24.2. The molecule has 1 heterocycles. The molecule has 174 valence electrons. The molecule has 2 N–H and O–H groups in total. The topological polar surface area (TPSA) is 95.9 Å². The van der Waals surface area contributed by atoms with Gasteiger partial charge in [-0.2, -0.15) is 0 Å². The lowest BCUT2D eigenvalue weighted by atomic mass is 9.87. The number of hydrogen-bond acceptors (Lipinski definition) is 5. The third-order valence-corrected chi connectivity index (χ3v) is 8.79. The molecule has 0 aliphatic carbocycles. The van der Waals surface area contributed by atoms with Crippen LogP contribution in [0.15, 0.2) is 42.5 Å². The molecule has 0 atom stereocenters. The van der Waals surface area contributed by atoms with Crippen LogP contribution < -0.4 is 10.2 Å². The van der Waals surface area contributed by atoms with Crippen LogP contribution in [-0.2, 0) is 14.8 Å². The van der Waals surface area contributed by atoms with E-state index >= 15 is 0 Å². The van der Waals surface area contributed by atoms with Crippen molar-refractivity contribution < 1.29 is 23.2 Å². The SMILES string of the molecule is CCOc1cccc(-c2ccc(C3CCN(S(=O)(=O)C(C)(C)C(=O)NO)CC3)cc2C)c1. The molecular weight excluding hydrogens is 428 g/mol. The number of rotatable bonds is 7. The fraction of sp³-hybridized carbons (Fsp3) is 0.458. The van der Waals surface area contributed by atoms with E-state index in [4.69, 9.17) is 9.94 Å². The molecule has 0 radical (unpaired) electrons. The summed E-state index contributed by atoms with van der Waals surface area (Å²) in [5, 5.41) is 8.91. The van der Waals surface area contributed by atoms with Gasteiger partial charge in [-0.05, 0) is 80.8 Å². The van der Waals surface area contributed by atoms with Gasteiger partial charge < -0.3 is 4.74 Å². The molecule has 8 heteroatoms. The second-order valence-electron chi connectivity index (χ2n) is 8.66. The highest BCUT2D eigenvalue weighted by Gasteiger charge is 2.46.